The first-order valence-corrected chi connectivity index (χ1v) is 12.6. The number of nitrogens with zero attached hydrogens (tertiary/aromatic N) is 8. The number of benzene rings is 1. The lowest BCUT2D eigenvalue weighted by Gasteiger charge is -2.18. The molecule has 0 radical (unpaired) electrons. The molecule has 210 valence electrons. The van der Waals surface area contributed by atoms with Crippen LogP contribution in [-0.2, 0) is 6.98 Å². The van der Waals surface area contributed by atoms with Crippen molar-refractivity contribution < 1.29 is 21.7 Å². The van der Waals surface area contributed by atoms with Gasteiger partial charge in [0.05, 0.1) is 23.1 Å². The van der Waals surface area contributed by atoms with E-state index in [2.05, 4.69) is 25.3 Å². The smallest absolute Gasteiger partial charge is 0.277 e. The minimum absolute atomic E-state index is 0.164. The number of aromatic nitrogens is 8. The first kappa shape index (κ1) is 23.3. The predicted octanol–water partition coefficient (Wildman–Crippen LogP) is 5.50. The Bertz CT molecular complexity index is 1990. The summed E-state index contributed by atoms with van der Waals surface area (Å²) in [7, 11) is 0. The Balaban J connectivity index is 1.40. The number of alkyl halides is 2. The number of hydrogen-bond acceptors (Lipinski definition) is 6. The number of aryl methyl sites for hydroxylation is 3. The molecule has 0 amide bonds. The molecule has 0 saturated heterocycles. The van der Waals surface area contributed by atoms with Crippen LogP contribution in [0.4, 0.5) is 17.6 Å². The van der Waals surface area contributed by atoms with Crippen molar-refractivity contribution in [3.8, 4) is 28.3 Å². The van der Waals surface area contributed by atoms with Gasteiger partial charge in [-0.25, -0.2) is 13.8 Å². The van der Waals surface area contributed by atoms with Crippen molar-refractivity contribution in [3.63, 3.8) is 0 Å². The normalized spacial score (nSPS) is 17.9. The Morgan fingerprint density at radius 2 is 1.85 bits per heavy atom. The number of rotatable bonds is 6. The van der Waals surface area contributed by atoms with Crippen LogP contribution in [-0.4, -0.2) is 39.3 Å². The zero-order valence-electron chi connectivity index (χ0n) is 24.4. The third kappa shape index (κ3) is 4.40. The highest BCUT2D eigenvalue weighted by molar-refractivity contribution is 6.31. The second kappa shape index (κ2) is 9.91. The van der Waals surface area contributed by atoms with Gasteiger partial charge in [-0.2, -0.15) is 33.6 Å². The van der Waals surface area contributed by atoms with Gasteiger partial charge < -0.3 is 0 Å². The number of hydrogen-bond donors (Lipinski definition) is 0. The van der Waals surface area contributed by atoms with Crippen LogP contribution < -0.4 is 5.56 Å². The summed E-state index contributed by atoms with van der Waals surface area (Å²) in [5, 5.41) is 11.1. The summed E-state index contributed by atoms with van der Waals surface area (Å²) < 4.78 is 82.4. The highest BCUT2D eigenvalue weighted by atomic mass is 35.5. The molecule has 0 bridgehead atoms. The van der Waals surface area contributed by atoms with Crippen molar-refractivity contribution in [2.75, 3.05) is 0 Å². The van der Waals surface area contributed by atoms with Gasteiger partial charge in [-0.05, 0) is 55.5 Å². The van der Waals surface area contributed by atoms with Crippen molar-refractivity contribution in [2.24, 2.45) is 6.98 Å². The zero-order valence-corrected chi connectivity index (χ0v) is 22.1. The van der Waals surface area contributed by atoms with E-state index < -0.39 is 42.2 Å². The molecule has 1 saturated carbocycles. The van der Waals surface area contributed by atoms with Crippen LogP contribution in [0.15, 0.2) is 47.8 Å². The summed E-state index contributed by atoms with van der Waals surface area (Å²) in [6, 6.07) is 5.41. The second-order valence-electron chi connectivity index (χ2n) is 9.63. The van der Waals surface area contributed by atoms with E-state index in [1.807, 2.05) is 0 Å². The van der Waals surface area contributed by atoms with Gasteiger partial charge in [-0.15, -0.1) is 0 Å². The summed E-state index contributed by atoms with van der Waals surface area (Å²) in [5.41, 5.74) is -0.569. The standard InChI is InChI=1S/C27H21ClF4N8O/c1-12-9-33-23(14-5-4-6-15(21(14)29)25-34-11-36-40(25)27(31)32)22(30)24(12)39-13(2)7-18(20(28)26(39)41)16-8-17(16)19-10-35-38(3)37-19/h4-7,9-11,16-17,27H,8H2,1-3H3/t16-,17-/m0/s1/i3D3. The molecule has 1 aliphatic carbocycles. The van der Waals surface area contributed by atoms with Crippen LogP contribution in [0.5, 0.6) is 0 Å². The molecule has 0 unspecified atom stereocenters. The highest BCUT2D eigenvalue weighted by Crippen LogP contribution is 2.55. The third-order valence-corrected chi connectivity index (χ3v) is 7.47. The molecule has 6 rings (SSSR count). The fraction of sp³-hybridized carbons (Fsp3) is 0.259. The SMILES string of the molecule is [2H]C([2H])([2H])n1ncc([C@H]2C[C@@H]2c2cc(C)n(-c3c(C)cnc(-c4cccc(-c5ncnn5C(F)F)c4F)c3F)c(=O)c2Cl)n1. The number of pyridine rings is 2. The Kier molecular flexibility index (Phi) is 5.64. The van der Waals surface area contributed by atoms with Crippen LogP contribution >= 0.6 is 11.6 Å². The van der Waals surface area contributed by atoms with Crippen molar-refractivity contribution in [1.29, 1.82) is 0 Å². The Hall–Kier alpha value is -4.39. The van der Waals surface area contributed by atoms with Gasteiger partial charge in [-0.1, -0.05) is 17.7 Å². The topological polar surface area (TPSA) is 96.3 Å². The average molecular weight is 588 g/mol. The van der Waals surface area contributed by atoms with Crippen molar-refractivity contribution >= 4 is 11.6 Å². The lowest BCUT2D eigenvalue weighted by atomic mass is 10.0. The summed E-state index contributed by atoms with van der Waals surface area (Å²) in [4.78, 5) is 22.1. The van der Waals surface area contributed by atoms with E-state index in [0.29, 0.717) is 28.2 Å². The summed E-state index contributed by atoms with van der Waals surface area (Å²) in [5.74, 6) is -3.00. The van der Waals surface area contributed by atoms with E-state index in [1.54, 1.807) is 13.0 Å². The van der Waals surface area contributed by atoms with Crippen LogP contribution in [0.2, 0.25) is 5.02 Å². The maximum absolute atomic E-state index is 16.3. The van der Waals surface area contributed by atoms with Gasteiger partial charge >= 0.3 is 6.55 Å². The monoisotopic (exact) mass is 587 g/mol. The van der Waals surface area contributed by atoms with E-state index in [-0.39, 0.29) is 43.9 Å². The van der Waals surface area contributed by atoms with Crippen LogP contribution in [0.25, 0.3) is 28.3 Å². The molecule has 5 aromatic rings. The fourth-order valence-corrected chi connectivity index (χ4v) is 5.37. The van der Waals surface area contributed by atoms with E-state index in [9.17, 15) is 13.6 Å². The molecule has 1 aliphatic rings. The van der Waals surface area contributed by atoms with Gasteiger partial charge in [0.15, 0.2) is 11.6 Å². The highest BCUT2D eigenvalue weighted by Gasteiger charge is 2.43. The van der Waals surface area contributed by atoms with Gasteiger partial charge in [0, 0.05) is 34.5 Å². The van der Waals surface area contributed by atoms with E-state index in [1.165, 1.54) is 37.5 Å². The van der Waals surface area contributed by atoms with Crippen molar-refractivity contribution in [1.82, 2.24) is 39.3 Å². The van der Waals surface area contributed by atoms with Crippen molar-refractivity contribution in [2.45, 2.75) is 38.7 Å². The minimum atomic E-state index is -3.09. The van der Waals surface area contributed by atoms with E-state index in [0.717, 1.165) is 10.9 Å². The second-order valence-corrected chi connectivity index (χ2v) is 10.0. The van der Waals surface area contributed by atoms with Gasteiger partial charge in [0.1, 0.15) is 22.9 Å². The predicted molar refractivity (Wildman–Crippen MR) is 141 cm³/mol. The maximum atomic E-state index is 16.3. The van der Waals surface area contributed by atoms with Gasteiger partial charge in [0.25, 0.3) is 5.56 Å². The molecule has 4 heterocycles. The summed E-state index contributed by atoms with van der Waals surface area (Å²) in [6.45, 7) is -2.52. The Morgan fingerprint density at radius 3 is 2.59 bits per heavy atom. The fourth-order valence-electron chi connectivity index (χ4n) is 5.09. The molecule has 9 nitrogen and oxygen atoms in total. The van der Waals surface area contributed by atoms with Crippen LogP contribution in [0.1, 0.15) is 51.4 Å². The van der Waals surface area contributed by atoms with Crippen LogP contribution in [0, 0.1) is 25.5 Å². The van der Waals surface area contributed by atoms with Crippen LogP contribution in [0.3, 0.4) is 0 Å². The summed E-state index contributed by atoms with van der Waals surface area (Å²) in [6.07, 6.45) is 4.02. The molecule has 0 aliphatic heterocycles. The third-order valence-electron chi connectivity index (χ3n) is 7.09. The molecule has 14 heteroatoms. The minimum Gasteiger partial charge on any atom is -0.277 e. The lowest BCUT2D eigenvalue weighted by molar-refractivity contribution is 0.0582. The Labute approximate surface area is 239 Å². The zero-order chi connectivity index (χ0) is 31.7. The molecule has 2 atom stereocenters. The number of halogens is 5. The maximum Gasteiger partial charge on any atom is 0.335 e. The first-order valence-electron chi connectivity index (χ1n) is 13.8. The first-order chi connectivity index (χ1) is 20.8. The molecule has 0 N–H and O–H groups in total. The largest absolute Gasteiger partial charge is 0.335 e. The molecular weight excluding hydrogens is 564 g/mol. The molecule has 4 aromatic heterocycles. The Morgan fingerprint density at radius 1 is 1.07 bits per heavy atom. The van der Waals surface area contributed by atoms with Gasteiger partial charge in [0.2, 0.25) is 0 Å². The lowest BCUT2D eigenvalue weighted by Crippen LogP contribution is -2.24. The molecule has 1 fully saturated rings. The van der Waals surface area contributed by atoms with E-state index >= 15 is 8.78 Å². The van der Waals surface area contributed by atoms with Crippen molar-refractivity contribution in [3.05, 3.63) is 92.5 Å². The quantitative estimate of drug-likeness (QED) is 0.243. The molecule has 1 aromatic carbocycles. The van der Waals surface area contributed by atoms with E-state index in [4.69, 9.17) is 15.7 Å². The average Bonchev–Trinajstić information content (AvgIpc) is 3.34. The molecular formula is C27H21ClF4N8O. The summed E-state index contributed by atoms with van der Waals surface area (Å²) >= 11 is 6.55. The molecule has 41 heavy (non-hydrogen) atoms. The van der Waals surface area contributed by atoms with Gasteiger partial charge in [-0.3, -0.25) is 14.3 Å². The molecule has 0 spiro atoms.